The molecule has 7 nitrogen and oxygen atoms in total. The van der Waals surface area contributed by atoms with Crippen LogP contribution >= 0.6 is 0 Å². The maximum Gasteiger partial charge on any atom is 0.407 e. The molecule has 0 aliphatic carbocycles. The fourth-order valence-electron chi connectivity index (χ4n) is 2.88. The number of alkyl halides is 2. The van der Waals surface area contributed by atoms with Crippen LogP contribution < -0.4 is 14.8 Å². The minimum absolute atomic E-state index is 0.0626. The molecule has 28 heavy (non-hydrogen) atoms. The lowest BCUT2D eigenvalue weighted by Gasteiger charge is -2.33. The second-order valence-electron chi connectivity index (χ2n) is 7.46. The minimum atomic E-state index is -2.98. The highest BCUT2D eigenvalue weighted by molar-refractivity contribution is 5.95. The molecule has 0 atom stereocenters. The summed E-state index contributed by atoms with van der Waals surface area (Å²) in [5, 5.41) is 2.81. The van der Waals surface area contributed by atoms with Crippen LogP contribution in [0, 0.1) is 0 Å². The summed E-state index contributed by atoms with van der Waals surface area (Å²) in [5.74, 6) is -0.306. The van der Waals surface area contributed by atoms with Crippen LogP contribution in [-0.4, -0.2) is 55.4 Å². The molecule has 2 rings (SSSR count). The summed E-state index contributed by atoms with van der Waals surface area (Å²) < 4.78 is 39.5. The van der Waals surface area contributed by atoms with Crippen LogP contribution in [0.25, 0.3) is 0 Å². The van der Waals surface area contributed by atoms with Crippen molar-refractivity contribution >= 4 is 12.0 Å². The number of carbonyl (C=O) groups excluding carboxylic acids is 2. The van der Waals surface area contributed by atoms with Gasteiger partial charge in [-0.25, -0.2) is 4.79 Å². The van der Waals surface area contributed by atoms with Crippen molar-refractivity contribution in [3.05, 3.63) is 23.8 Å². The average Bonchev–Trinajstić information content (AvgIpc) is 2.60. The fourth-order valence-corrected chi connectivity index (χ4v) is 2.88. The third kappa shape index (κ3) is 6.24. The number of hydrogen-bond donors (Lipinski definition) is 1. The number of hydrogen-bond acceptors (Lipinski definition) is 5. The Labute approximate surface area is 162 Å². The van der Waals surface area contributed by atoms with E-state index in [0.29, 0.717) is 31.5 Å². The Kier molecular flexibility index (Phi) is 7.04. The normalized spacial score (nSPS) is 15.3. The Morgan fingerprint density at radius 1 is 1.18 bits per heavy atom. The SMILES string of the molecule is COc1cc(C(=O)N2CCC(NC(=O)OC(C)(C)C)CC2)ccc1OC(F)F. The van der Waals surface area contributed by atoms with E-state index in [1.807, 2.05) is 0 Å². The molecule has 0 radical (unpaired) electrons. The monoisotopic (exact) mass is 400 g/mol. The first kappa shape index (κ1) is 21.7. The summed E-state index contributed by atoms with van der Waals surface area (Å²) in [4.78, 5) is 26.2. The van der Waals surface area contributed by atoms with E-state index >= 15 is 0 Å². The van der Waals surface area contributed by atoms with Gasteiger partial charge in [-0.15, -0.1) is 0 Å². The van der Waals surface area contributed by atoms with Gasteiger partial charge < -0.3 is 24.4 Å². The van der Waals surface area contributed by atoms with Crippen molar-refractivity contribution in [3.63, 3.8) is 0 Å². The highest BCUT2D eigenvalue weighted by atomic mass is 19.3. The number of methoxy groups -OCH3 is 1. The topological polar surface area (TPSA) is 77.1 Å². The van der Waals surface area contributed by atoms with Crippen LogP contribution in [0.15, 0.2) is 18.2 Å². The van der Waals surface area contributed by atoms with Gasteiger partial charge >= 0.3 is 12.7 Å². The zero-order valence-corrected chi connectivity index (χ0v) is 16.5. The fraction of sp³-hybridized carbons (Fsp3) is 0.579. The zero-order valence-electron chi connectivity index (χ0n) is 16.5. The van der Waals surface area contributed by atoms with Crippen molar-refractivity contribution in [1.82, 2.24) is 10.2 Å². The number of ether oxygens (including phenoxy) is 3. The van der Waals surface area contributed by atoms with Crippen LogP contribution in [0.5, 0.6) is 11.5 Å². The Morgan fingerprint density at radius 2 is 1.82 bits per heavy atom. The third-order valence-electron chi connectivity index (χ3n) is 4.13. The number of rotatable bonds is 5. The van der Waals surface area contributed by atoms with Gasteiger partial charge in [-0.1, -0.05) is 0 Å². The molecule has 1 aromatic carbocycles. The van der Waals surface area contributed by atoms with E-state index in [-0.39, 0.29) is 23.4 Å². The lowest BCUT2D eigenvalue weighted by atomic mass is 10.0. The van der Waals surface area contributed by atoms with Gasteiger partial charge in [0.25, 0.3) is 5.91 Å². The summed E-state index contributed by atoms with van der Waals surface area (Å²) in [6.45, 7) is 3.31. The summed E-state index contributed by atoms with van der Waals surface area (Å²) in [7, 11) is 1.32. The third-order valence-corrected chi connectivity index (χ3v) is 4.13. The smallest absolute Gasteiger partial charge is 0.407 e. The van der Waals surface area contributed by atoms with Crippen molar-refractivity contribution in [2.24, 2.45) is 0 Å². The van der Waals surface area contributed by atoms with E-state index in [0.717, 1.165) is 0 Å². The molecule has 9 heteroatoms. The molecule has 2 amide bonds. The number of amides is 2. The maximum atomic E-state index is 12.7. The molecule has 0 aromatic heterocycles. The molecule has 1 aromatic rings. The van der Waals surface area contributed by atoms with Crippen LogP contribution in [0.1, 0.15) is 44.0 Å². The van der Waals surface area contributed by atoms with Crippen molar-refractivity contribution in [1.29, 1.82) is 0 Å². The lowest BCUT2D eigenvalue weighted by Crippen LogP contribution is -2.47. The average molecular weight is 400 g/mol. The van der Waals surface area contributed by atoms with Crippen LogP contribution in [0.2, 0.25) is 0 Å². The molecule has 1 N–H and O–H groups in total. The van der Waals surface area contributed by atoms with Crippen molar-refractivity contribution in [3.8, 4) is 11.5 Å². The first-order chi connectivity index (χ1) is 13.1. The first-order valence-electron chi connectivity index (χ1n) is 9.00. The molecular formula is C19H26F2N2O5. The second kappa shape index (κ2) is 9.07. The number of halogens is 2. The summed E-state index contributed by atoms with van der Waals surface area (Å²) >= 11 is 0. The quantitative estimate of drug-likeness (QED) is 0.820. The first-order valence-corrected chi connectivity index (χ1v) is 9.00. The van der Waals surface area contributed by atoms with Crippen molar-refractivity contribution in [2.75, 3.05) is 20.2 Å². The Morgan fingerprint density at radius 3 is 2.36 bits per heavy atom. The van der Waals surface area contributed by atoms with E-state index < -0.39 is 18.3 Å². The highest BCUT2D eigenvalue weighted by Crippen LogP contribution is 2.30. The van der Waals surface area contributed by atoms with E-state index in [4.69, 9.17) is 9.47 Å². The minimum Gasteiger partial charge on any atom is -0.493 e. The Balaban J connectivity index is 1.93. The lowest BCUT2D eigenvalue weighted by molar-refractivity contribution is -0.0512. The molecule has 1 fully saturated rings. The molecule has 0 unspecified atom stereocenters. The molecule has 1 saturated heterocycles. The summed E-state index contributed by atoms with van der Waals surface area (Å²) in [6.07, 6.45) is 0.709. The molecule has 0 bridgehead atoms. The van der Waals surface area contributed by atoms with E-state index in [9.17, 15) is 18.4 Å². The van der Waals surface area contributed by atoms with E-state index in [1.165, 1.54) is 25.3 Å². The van der Waals surface area contributed by atoms with Crippen molar-refractivity contribution < 1.29 is 32.6 Å². The predicted octanol–water partition coefficient (Wildman–Crippen LogP) is 3.43. The number of nitrogens with zero attached hydrogens (tertiary/aromatic N) is 1. The molecule has 1 aliphatic heterocycles. The van der Waals surface area contributed by atoms with Gasteiger partial charge in [0, 0.05) is 24.7 Å². The second-order valence-corrected chi connectivity index (χ2v) is 7.46. The van der Waals surface area contributed by atoms with Gasteiger partial charge in [0.05, 0.1) is 7.11 Å². The number of likely N-dealkylation sites (tertiary alicyclic amines) is 1. The largest absolute Gasteiger partial charge is 0.493 e. The van der Waals surface area contributed by atoms with E-state index in [2.05, 4.69) is 10.1 Å². The number of carbonyl (C=O) groups is 2. The van der Waals surface area contributed by atoms with Crippen LogP contribution in [0.4, 0.5) is 13.6 Å². The van der Waals surface area contributed by atoms with Crippen LogP contribution in [-0.2, 0) is 4.74 Å². The standard InChI is InChI=1S/C19H26F2N2O5/c1-19(2,3)28-18(25)22-13-7-9-23(10-8-13)16(24)12-5-6-14(27-17(20)21)15(11-12)26-4/h5-6,11,13,17H,7-10H2,1-4H3,(H,22,25). The molecule has 156 valence electrons. The highest BCUT2D eigenvalue weighted by Gasteiger charge is 2.27. The molecule has 1 aliphatic rings. The van der Waals surface area contributed by atoms with Gasteiger partial charge in [0.1, 0.15) is 5.60 Å². The molecule has 1 heterocycles. The molecule has 0 spiro atoms. The summed E-state index contributed by atoms with van der Waals surface area (Å²) in [6, 6.07) is 4.02. The number of benzene rings is 1. The molecular weight excluding hydrogens is 374 g/mol. The number of alkyl carbamates (subject to hydrolysis) is 1. The van der Waals surface area contributed by atoms with Gasteiger partial charge in [-0.05, 0) is 51.8 Å². The Bertz CT molecular complexity index is 698. The Hall–Kier alpha value is -2.58. The van der Waals surface area contributed by atoms with Crippen LogP contribution in [0.3, 0.4) is 0 Å². The van der Waals surface area contributed by atoms with Gasteiger partial charge in [-0.2, -0.15) is 8.78 Å². The van der Waals surface area contributed by atoms with Gasteiger partial charge in [0.15, 0.2) is 11.5 Å². The number of piperidine rings is 1. The zero-order chi connectivity index (χ0) is 20.9. The number of nitrogens with one attached hydrogen (secondary N) is 1. The maximum absolute atomic E-state index is 12.7. The van der Waals surface area contributed by atoms with Crippen molar-refractivity contribution in [2.45, 2.75) is 51.9 Å². The van der Waals surface area contributed by atoms with Gasteiger partial charge in [0.2, 0.25) is 0 Å². The predicted molar refractivity (Wildman–Crippen MR) is 97.9 cm³/mol. The van der Waals surface area contributed by atoms with Gasteiger partial charge in [-0.3, -0.25) is 4.79 Å². The summed E-state index contributed by atoms with van der Waals surface area (Å²) in [5.41, 5.74) is -0.253. The van der Waals surface area contributed by atoms with E-state index in [1.54, 1.807) is 25.7 Å². The molecule has 0 saturated carbocycles.